The summed E-state index contributed by atoms with van der Waals surface area (Å²) in [6.07, 6.45) is -1.18. The molecule has 2 N–H and O–H groups in total. The summed E-state index contributed by atoms with van der Waals surface area (Å²) in [5, 5.41) is 12.7. The number of ether oxygens (including phenoxy) is 1. The molecule has 1 unspecified atom stereocenters. The lowest BCUT2D eigenvalue weighted by molar-refractivity contribution is -0.214. The zero-order valence-corrected chi connectivity index (χ0v) is 13.1. The van der Waals surface area contributed by atoms with Gasteiger partial charge in [-0.15, -0.1) is 33.0 Å². The largest absolute Gasteiger partial charge is 0.626 e. The Labute approximate surface area is 123 Å². The van der Waals surface area contributed by atoms with E-state index in [4.69, 9.17) is 32.5 Å². The van der Waals surface area contributed by atoms with Gasteiger partial charge in [-0.05, 0) is 0 Å². The lowest BCUT2D eigenvalue weighted by Gasteiger charge is -2.33. The Morgan fingerprint density at radius 2 is 2.05 bits per heavy atom. The molecule has 0 radical (unpaired) electrons. The third kappa shape index (κ3) is 3.34. The SMILES string of the molecule is C[C@@H]1[C@@H]2N[P+]([O-])(N(CCCl)CCCl)O[C@@H]2CO[C@H]1O. The van der Waals surface area contributed by atoms with Crippen molar-refractivity contribution in [2.24, 2.45) is 5.92 Å². The molecule has 0 aromatic heterocycles. The van der Waals surface area contributed by atoms with E-state index in [9.17, 15) is 10.00 Å². The number of hydrogen-bond donors (Lipinski definition) is 2. The highest BCUT2D eigenvalue weighted by atomic mass is 35.5. The molecule has 0 bridgehead atoms. The molecule has 5 atom stereocenters. The van der Waals surface area contributed by atoms with Crippen LogP contribution in [0, 0.1) is 5.92 Å². The van der Waals surface area contributed by atoms with Gasteiger partial charge in [0.15, 0.2) is 6.29 Å². The molecule has 2 saturated heterocycles. The van der Waals surface area contributed by atoms with Crippen LogP contribution in [0.3, 0.4) is 0 Å². The molecule has 0 aliphatic carbocycles. The summed E-state index contributed by atoms with van der Waals surface area (Å²) < 4.78 is 12.5. The number of hydrogen-bond acceptors (Lipinski definition) is 6. The summed E-state index contributed by atoms with van der Waals surface area (Å²) in [6, 6.07) is -0.192. The fraction of sp³-hybridized carbons (Fsp3) is 1.00. The van der Waals surface area contributed by atoms with Crippen LogP contribution >= 0.6 is 31.2 Å². The van der Waals surface area contributed by atoms with Crippen molar-refractivity contribution in [3.63, 3.8) is 0 Å². The molecule has 2 heterocycles. The molecule has 0 saturated carbocycles. The highest BCUT2D eigenvalue weighted by molar-refractivity contribution is 7.60. The van der Waals surface area contributed by atoms with Crippen LogP contribution in [0.5, 0.6) is 0 Å². The number of nitrogens with one attached hydrogen (secondary N) is 1. The van der Waals surface area contributed by atoms with Gasteiger partial charge < -0.3 is 14.7 Å². The molecule has 2 fully saturated rings. The lowest BCUT2D eigenvalue weighted by atomic mass is 9.95. The van der Waals surface area contributed by atoms with E-state index < -0.39 is 14.3 Å². The Morgan fingerprint density at radius 3 is 2.63 bits per heavy atom. The first-order valence-electron chi connectivity index (χ1n) is 6.25. The van der Waals surface area contributed by atoms with Gasteiger partial charge in [0.25, 0.3) is 8.02 Å². The third-order valence-corrected chi connectivity index (χ3v) is 6.16. The molecule has 9 heteroatoms. The van der Waals surface area contributed by atoms with Crippen molar-refractivity contribution in [2.75, 3.05) is 31.5 Å². The van der Waals surface area contributed by atoms with Gasteiger partial charge in [0.1, 0.15) is 6.10 Å². The van der Waals surface area contributed by atoms with E-state index in [0.717, 1.165) is 0 Å². The normalized spacial score (nSPS) is 42.6. The molecule has 19 heavy (non-hydrogen) atoms. The average molecular weight is 333 g/mol. The van der Waals surface area contributed by atoms with Crippen molar-refractivity contribution < 1.29 is 19.3 Å². The summed E-state index contributed by atoms with van der Waals surface area (Å²) in [5.41, 5.74) is 0. The van der Waals surface area contributed by atoms with E-state index in [-0.39, 0.29) is 24.7 Å². The molecule has 2 rings (SSSR count). The predicted molar refractivity (Wildman–Crippen MR) is 72.9 cm³/mol. The molecule has 112 valence electrons. The van der Waals surface area contributed by atoms with Crippen LogP contribution in [0.4, 0.5) is 0 Å². The van der Waals surface area contributed by atoms with Crippen molar-refractivity contribution in [1.29, 1.82) is 0 Å². The summed E-state index contributed by atoms with van der Waals surface area (Å²) in [7, 11) is -3.16. The Hall–Kier alpha value is 0.770. The predicted octanol–water partition coefficient (Wildman–Crippen LogP) is 0.146. The first kappa shape index (κ1) is 16.1. The number of nitrogens with zero attached hydrogens (tertiary/aromatic N) is 1. The zero-order valence-electron chi connectivity index (χ0n) is 10.7. The number of halogens is 2. The second kappa shape index (κ2) is 6.69. The highest BCUT2D eigenvalue weighted by Crippen LogP contribution is 2.58. The minimum atomic E-state index is -3.16. The lowest BCUT2D eigenvalue weighted by Crippen LogP contribution is -2.50. The van der Waals surface area contributed by atoms with Crippen molar-refractivity contribution in [2.45, 2.75) is 25.4 Å². The van der Waals surface area contributed by atoms with E-state index in [1.54, 1.807) is 4.67 Å². The van der Waals surface area contributed by atoms with Crippen LogP contribution in [0.15, 0.2) is 0 Å². The molecule has 0 aromatic carbocycles. The molecule has 0 spiro atoms. The molecule has 2 aliphatic rings. The topological polar surface area (TPSA) is 77.0 Å². The monoisotopic (exact) mass is 332 g/mol. The van der Waals surface area contributed by atoms with E-state index >= 15 is 0 Å². The quantitative estimate of drug-likeness (QED) is 0.551. The number of aliphatic hydroxyl groups excluding tert-OH is 1. The van der Waals surface area contributed by atoms with Crippen LogP contribution in [0.2, 0.25) is 0 Å². The maximum atomic E-state index is 12.8. The van der Waals surface area contributed by atoms with Crippen LogP contribution in [-0.2, 0) is 9.26 Å². The first-order valence-corrected chi connectivity index (χ1v) is 8.89. The maximum absolute atomic E-state index is 12.8. The van der Waals surface area contributed by atoms with Gasteiger partial charge in [0.05, 0.1) is 25.7 Å². The van der Waals surface area contributed by atoms with E-state index in [0.29, 0.717) is 24.8 Å². The van der Waals surface area contributed by atoms with Gasteiger partial charge in [-0.25, -0.2) is 0 Å². The molecule has 0 aromatic rings. The zero-order chi connectivity index (χ0) is 14.0. The van der Waals surface area contributed by atoms with E-state index in [1.165, 1.54) is 0 Å². The summed E-state index contributed by atoms with van der Waals surface area (Å²) in [5.74, 6) is 0.495. The average Bonchev–Trinajstić information content (AvgIpc) is 2.73. The Kier molecular flexibility index (Phi) is 5.68. The van der Waals surface area contributed by atoms with Crippen LogP contribution < -0.4 is 9.98 Å². The van der Waals surface area contributed by atoms with Crippen molar-refractivity contribution in [3.05, 3.63) is 0 Å². The van der Waals surface area contributed by atoms with Gasteiger partial charge in [-0.1, -0.05) is 6.92 Å². The molecule has 0 amide bonds. The maximum Gasteiger partial charge on any atom is 0.251 e. The number of alkyl halides is 2. The van der Waals surface area contributed by atoms with Crippen molar-refractivity contribution in [3.8, 4) is 0 Å². The second-order valence-electron chi connectivity index (χ2n) is 4.73. The third-order valence-electron chi connectivity index (χ3n) is 3.50. The fourth-order valence-corrected chi connectivity index (χ4v) is 5.45. The minimum Gasteiger partial charge on any atom is -0.626 e. The first-order chi connectivity index (χ1) is 9.01. The van der Waals surface area contributed by atoms with Gasteiger partial charge >= 0.3 is 0 Å². The summed E-state index contributed by atoms with van der Waals surface area (Å²) in [4.78, 5) is 12.8. The summed E-state index contributed by atoms with van der Waals surface area (Å²) in [6.45, 7) is 2.91. The molecular weight excluding hydrogens is 314 g/mol. The molecule has 6 nitrogen and oxygen atoms in total. The van der Waals surface area contributed by atoms with Gasteiger partial charge in [-0.3, -0.25) is 0 Å². The minimum absolute atomic E-state index is 0.191. The number of rotatable bonds is 5. The molecule has 2 aliphatic heterocycles. The standard InChI is InChI=1S/C10H19Cl2N2O4P/c1-7-9-8(6-17-10(7)15)18-19(16,13-9)14(4-2-11)5-3-12/h7-10,15H,2-6H2,1H3,(H,13,16)/t7-,8-,9+,10-,19?/m1/s1. The van der Waals surface area contributed by atoms with Crippen molar-refractivity contribution in [1.82, 2.24) is 9.76 Å². The Balaban J connectivity index is 2.09. The van der Waals surface area contributed by atoms with Crippen LogP contribution in [0.1, 0.15) is 6.92 Å². The summed E-state index contributed by atoms with van der Waals surface area (Å²) >= 11 is 11.4. The van der Waals surface area contributed by atoms with Gasteiger partial charge in [-0.2, -0.15) is 4.52 Å². The number of aliphatic hydroxyl groups is 1. The fourth-order valence-electron chi connectivity index (χ4n) is 2.38. The van der Waals surface area contributed by atoms with Gasteiger partial charge in [0, 0.05) is 17.7 Å². The highest BCUT2D eigenvalue weighted by Gasteiger charge is 2.55. The Bertz CT molecular complexity index is 311. The smallest absolute Gasteiger partial charge is 0.251 e. The Morgan fingerprint density at radius 1 is 1.42 bits per heavy atom. The van der Waals surface area contributed by atoms with Crippen molar-refractivity contribution >= 4 is 31.2 Å². The van der Waals surface area contributed by atoms with E-state index in [2.05, 4.69) is 5.09 Å². The van der Waals surface area contributed by atoms with E-state index in [1.807, 2.05) is 6.92 Å². The van der Waals surface area contributed by atoms with Crippen LogP contribution in [0.25, 0.3) is 0 Å². The molecular formula is C10H19Cl2N2O4P. The number of fused-ring (bicyclic) bond motifs is 1. The second-order valence-corrected chi connectivity index (χ2v) is 7.57. The van der Waals surface area contributed by atoms with Gasteiger partial charge in [0.2, 0.25) is 0 Å². The van der Waals surface area contributed by atoms with Crippen LogP contribution in [-0.4, -0.2) is 59.7 Å².